The molecular formula is C29H25FN2O2S. The zero-order chi connectivity index (χ0) is 24.4. The monoisotopic (exact) mass is 484 g/mol. The number of thioether (sulfide) groups is 1. The van der Waals surface area contributed by atoms with Crippen LogP contribution in [-0.4, -0.2) is 17.0 Å². The number of rotatable bonds is 5. The molecule has 5 rings (SSSR count). The normalized spacial score (nSPS) is 14.5. The molecule has 1 aliphatic rings. The molecule has 0 fully saturated rings. The summed E-state index contributed by atoms with van der Waals surface area (Å²) in [5.74, 6) is -0.689. The lowest BCUT2D eigenvalue weighted by Gasteiger charge is -2.20. The van der Waals surface area contributed by atoms with Gasteiger partial charge in [-0.15, -0.1) is 11.8 Å². The molecule has 1 unspecified atom stereocenters. The average molecular weight is 485 g/mol. The van der Waals surface area contributed by atoms with Gasteiger partial charge in [0.2, 0.25) is 0 Å². The second kappa shape index (κ2) is 9.92. The molecule has 3 aromatic carbocycles. The lowest BCUT2D eigenvalue weighted by atomic mass is 10.0. The number of para-hydroxylation sites is 1. The minimum atomic E-state index is -0.397. The zero-order valence-electron chi connectivity index (χ0n) is 19.3. The highest BCUT2D eigenvalue weighted by atomic mass is 32.2. The van der Waals surface area contributed by atoms with Gasteiger partial charge >= 0.3 is 0 Å². The van der Waals surface area contributed by atoms with E-state index in [1.54, 1.807) is 23.9 Å². The van der Waals surface area contributed by atoms with Gasteiger partial charge in [-0.1, -0.05) is 60.7 Å². The fraction of sp³-hybridized carbons (Fsp3) is 0.172. The van der Waals surface area contributed by atoms with Gasteiger partial charge in [-0.05, 0) is 37.1 Å². The number of aromatic nitrogens is 1. The molecule has 4 nitrogen and oxygen atoms in total. The van der Waals surface area contributed by atoms with E-state index in [1.165, 1.54) is 12.1 Å². The summed E-state index contributed by atoms with van der Waals surface area (Å²) in [5, 5.41) is 2.65. The maximum Gasteiger partial charge on any atom is 0.257 e. The van der Waals surface area contributed by atoms with Gasteiger partial charge in [-0.25, -0.2) is 4.39 Å². The molecule has 2 heterocycles. The fourth-order valence-corrected chi connectivity index (χ4v) is 5.94. The minimum absolute atomic E-state index is 0.127. The summed E-state index contributed by atoms with van der Waals surface area (Å²) in [6.45, 7) is 2.28. The summed E-state index contributed by atoms with van der Waals surface area (Å²) in [6.07, 6.45) is 1.01. The second-order valence-electron chi connectivity index (χ2n) is 8.60. The molecule has 0 radical (unpaired) electrons. The Hall–Kier alpha value is -3.64. The van der Waals surface area contributed by atoms with Crippen molar-refractivity contribution in [3.63, 3.8) is 0 Å². The smallest absolute Gasteiger partial charge is 0.257 e. The molecule has 1 aromatic heterocycles. The SMILES string of the molecule is Cc1cc(=O)c(C(=O)NCCc2ccccc2)c2n1-c1ccccc1SC(c1ccccc1F)C2. The summed E-state index contributed by atoms with van der Waals surface area (Å²) < 4.78 is 16.8. The molecule has 0 bridgehead atoms. The van der Waals surface area contributed by atoms with Gasteiger partial charge in [-0.3, -0.25) is 9.59 Å². The third kappa shape index (κ3) is 4.66. The first-order chi connectivity index (χ1) is 17.0. The molecule has 0 spiro atoms. The van der Waals surface area contributed by atoms with Crippen LogP contribution in [0, 0.1) is 12.7 Å². The molecule has 6 heteroatoms. The first-order valence-corrected chi connectivity index (χ1v) is 12.5. The van der Waals surface area contributed by atoms with Gasteiger partial charge in [0.1, 0.15) is 11.4 Å². The van der Waals surface area contributed by atoms with E-state index in [1.807, 2.05) is 72.2 Å². The van der Waals surface area contributed by atoms with E-state index in [4.69, 9.17) is 0 Å². The van der Waals surface area contributed by atoms with E-state index in [2.05, 4.69) is 5.32 Å². The zero-order valence-corrected chi connectivity index (χ0v) is 20.1. The number of carbonyl (C=O) groups excluding carboxylic acids is 1. The molecule has 1 amide bonds. The quantitative estimate of drug-likeness (QED) is 0.398. The lowest BCUT2D eigenvalue weighted by molar-refractivity contribution is 0.0951. The molecular weight excluding hydrogens is 459 g/mol. The van der Waals surface area contributed by atoms with E-state index < -0.39 is 5.91 Å². The Balaban J connectivity index is 1.58. The number of amides is 1. The summed E-state index contributed by atoms with van der Waals surface area (Å²) in [7, 11) is 0. The Morgan fingerprint density at radius 2 is 1.74 bits per heavy atom. The molecule has 176 valence electrons. The fourth-order valence-electron chi connectivity index (χ4n) is 4.64. The van der Waals surface area contributed by atoms with E-state index in [9.17, 15) is 14.0 Å². The van der Waals surface area contributed by atoms with Crippen LogP contribution in [0.2, 0.25) is 0 Å². The summed E-state index contributed by atoms with van der Waals surface area (Å²) in [4.78, 5) is 27.5. The van der Waals surface area contributed by atoms with Crippen molar-refractivity contribution in [3.8, 4) is 5.69 Å². The third-order valence-electron chi connectivity index (χ3n) is 6.27. The number of halogens is 1. The average Bonchev–Trinajstić information content (AvgIpc) is 3.02. The van der Waals surface area contributed by atoms with Crippen LogP contribution in [0.15, 0.2) is 94.6 Å². The van der Waals surface area contributed by atoms with Crippen molar-refractivity contribution in [1.82, 2.24) is 9.88 Å². The molecule has 35 heavy (non-hydrogen) atoms. The van der Waals surface area contributed by atoms with Crippen LogP contribution in [0.4, 0.5) is 4.39 Å². The summed E-state index contributed by atoms with van der Waals surface area (Å²) in [6, 6.07) is 26.0. The molecule has 0 aliphatic carbocycles. The van der Waals surface area contributed by atoms with E-state index in [0.717, 1.165) is 21.8 Å². The van der Waals surface area contributed by atoms with Crippen molar-refractivity contribution in [1.29, 1.82) is 0 Å². The number of benzene rings is 3. The van der Waals surface area contributed by atoms with Crippen LogP contribution in [0.1, 0.15) is 38.1 Å². The van der Waals surface area contributed by atoms with Crippen LogP contribution in [0.3, 0.4) is 0 Å². The number of fused-ring (bicyclic) bond motifs is 3. The predicted molar refractivity (Wildman–Crippen MR) is 138 cm³/mol. The maximum absolute atomic E-state index is 14.8. The second-order valence-corrected chi connectivity index (χ2v) is 9.84. The van der Waals surface area contributed by atoms with Crippen molar-refractivity contribution in [2.45, 2.75) is 29.9 Å². The highest BCUT2D eigenvalue weighted by molar-refractivity contribution is 7.99. The van der Waals surface area contributed by atoms with E-state index in [-0.39, 0.29) is 22.1 Å². The molecule has 4 aromatic rings. The summed E-state index contributed by atoms with van der Waals surface area (Å²) >= 11 is 1.56. The highest BCUT2D eigenvalue weighted by Crippen LogP contribution is 2.44. The number of nitrogens with zero attached hydrogens (tertiary/aromatic N) is 1. The Morgan fingerprint density at radius 1 is 1.03 bits per heavy atom. The number of carbonyl (C=O) groups is 1. The van der Waals surface area contributed by atoms with Gasteiger partial charge in [0.05, 0.1) is 5.69 Å². The third-order valence-corrected chi connectivity index (χ3v) is 7.58. The molecule has 1 N–H and O–H groups in total. The maximum atomic E-state index is 14.8. The first kappa shape index (κ1) is 23.1. The van der Waals surface area contributed by atoms with Gasteiger partial charge < -0.3 is 9.88 Å². The van der Waals surface area contributed by atoms with Gasteiger partial charge in [0, 0.05) is 46.1 Å². The van der Waals surface area contributed by atoms with Gasteiger partial charge in [0.25, 0.3) is 5.91 Å². The Labute approximate surface area is 207 Å². The minimum Gasteiger partial charge on any atom is -0.352 e. The van der Waals surface area contributed by atoms with Crippen molar-refractivity contribution >= 4 is 17.7 Å². The van der Waals surface area contributed by atoms with Crippen molar-refractivity contribution in [2.75, 3.05) is 6.54 Å². The van der Waals surface area contributed by atoms with Crippen molar-refractivity contribution < 1.29 is 9.18 Å². The highest BCUT2D eigenvalue weighted by Gasteiger charge is 2.30. The molecule has 0 saturated carbocycles. The lowest BCUT2D eigenvalue weighted by Crippen LogP contribution is -2.33. The first-order valence-electron chi connectivity index (χ1n) is 11.6. The summed E-state index contributed by atoms with van der Waals surface area (Å²) in [5.41, 5.74) is 3.72. The number of hydrogen-bond acceptors (Lipinski definition) is 3. The number of pyridine rings is 1. The number of nitrogens with one attached hydrogen (secondary N) is 1. The molecule has 1 atom stereocenters. The van der Waals surface area contributed by atoms with E-state index in [0.29, 0.717) is 30.6 Å². The number of hydrogen-bond donors (Lipinski definition) is 1. The van der Waals surface area contributed by atoms with E-state index >= 15 is 0 Å². The predicted octanol–water partition coefficient (Wildman–Crippen LogP) is 5.65. The van der Waals surface area contributed by atoms with Crippen LogP contribution in [-0.2, 0) is 12.8 Å². The Morgan fingerprint density at radius 3 is 2.54 bits per heavy atom. The topological polar surface area (TPSA) is 51.1 Å². The Kier molecular flexibility index (Phi) is 6.55. The molecule has 1 aliphatic heterocycles. The standard InChI is InChI=1S/C29H25FN2O2S/c1-19-17-25(33)28(29(34)31-16-15-20-9-3-2-4-10-20)24-18-27(21-11-5-6-12-22(21)30)35-26-14-8-7-13-23(26)32(19)24/h2-14,17,27H,15-16,18H2,1H3,(H,31,34). The number of aryl methyl sites for hydroxylation is 1. The van der Waals surface area contributed by atoms with Crippen LogP contribution in [0.5, 0.6) is 0 Å². The largest absolute Gasteiger partial charge is 0.352 e. The Bertz CT molecular complexity index is 1450. The van der Waals surface area contributed by atoms with Gasteiger partial charge in [0.15, 0.2) is 5.43 Å². The molecule has 0 saturated heterocycles. The van der Waals surface area contributed by atoms with Crippen molar-refractivity contribution in [3.05, 3.63) is 129 Å². The van der Waals surface area contributed by atoms with Crippen molar-refractivity contribution in [2.24, 2.45) is 0 Å². The van der Waals surface area contributed by atoms with Crippen LogP contribution >= 0.6 is 11.8 Å². The van der Waals surface area contributed by atoms with Gasteiger partial charge in [-0.2, -0.15) is 0 Å². The van der Waals surface area contributed by atoms with Crippen LogP contribution in [0.25, 0.3) is 5.69 Å². The van der Waals surface area contributed by atoms with Crippen LogP contribution < -0.4 is 10.7 Å².